The second-order valence-corrected chi connectivity index (χ2v) is 18.5. The first kappa shape index (κ1) is 23.8. The molecular formula is C18H30N3PS6. The first-order chi connectivity index (χ1) is 13.6. The molecule has 0 aliphatic carbocycles. The summed E-state index contributed by atoms with van der Waals surface area (Å²) in [5, 5.41) is 0. The van der Waals surface area contributed by atoms with Crippen molar-refractivity contribution >= 4 is 89.3 Å². The van der Waals surface area contributed by atoms with Crippen LogP contribution in [0, 0.1) is 0 Å². The summed E-state index contributed by atoms with van der Waals surface area (Å²) in [4.78, 5) is 7.19. The SMILES string of the molecule is S=C(SP(SC(=S)N1CCCCC1)SC(=S)N1CCCCC1)N1CCCCC1. The molecule has 28 heavy (non-hydrogen) atoms. The maximum atomic E-state index is 5.83. The van der Waals surface area contributed by atoms with Crippen LogP contribution in [0.5, 0.6) is 0 Å². The largest absolute Gasteiger partial charge is 0.357 e. The van der Waals surface area contributed by atoms with Crippen molar-refractivity contribution in [3.63, 3.8) is 0 Å². The van der Waals surface area contributed by atoms with Crippen LogP contribution < -0.4 is 0 Å². The second kappa shape index (κ2) is 12.9. The third-order valence-electron chi connectivity index (χ3n) is 5.30. The van der Waals surface area contributed by atoms with Gasteiger partial charge < -0.3 is 14.7 Å². The van der Waals surface area contributed by atoms with E-state index in [1.54, 1.807) is 0 Å². The second-order valence-electron chi connectivity index (χ2n) is 7.44. The van der Waals surface area contributed by atoms with Crippen molar-refractivity contribution < 1.29 is 0 Å². The minimum atomic E-state index is -0.552. The highest BCUT2D eigenvalue weighted by atomic mass is 33.4. The quantitative estimate of drug-likeness (QED) is 0.299. The van der Waals surface area contributed by atoms with Gasteiger partial charge in [-0.3, -0.25) is 0 Å². The molecule has 3 saturated heterocycles. The van der Waals surface area contributed by atoms with E-state index in [4.69, 9.17) is 36.7 Å². The summed E-state index contributed by atoms with van der Waals surface area (Å²) in [7, 11) is 0. The van der Waals surface area contributed by atoms with Gasteiger partial charge >= 0.3 is 0 Å². The number of piperidine rings is 3. The fourth-order valence-corrected chi connectivity index (χ4v) is 17.5. The zero-order valence-electron chi connectivity index (χ0n) is 16.3. The zero-order chi connectivity index (χ0) is 19.8. The topological polar surface area (TPSA) is 9.72 Å². The zero-order valence-corrected chi connectivity index (χ0v) is 22.1. The molecule has 0 N–H and O–H groups in total. The Bertz CT molecular complexity index is 469. The molecule has 0 saturated carbocycles. The molecule has 3 aliphatic heterocycles. The maximum Gasteiger partial charge on any atom is 0.142 e. The molecule has 0 aromatic carbocycles. The van der Waals surface area contributed by atoms with Crippen LogP contribution in [0.1, 0.15) is 57.8 Å². The highest BCUT2D eigenvalue weighted by Gasteiger charge is 2.27. The number of likely N-dealkylation sites (tertiary alicyclic amines) is 3. The highest BCUT2D eigenvalue weighted by molar-refractivity contribution is 9.19. The predicted molar refractivity (Wildman–Crippen MR) is 144 cm³/mol. The third kappa shape index (κ3) is 7.69. The van der Waals surface area contributed by atoms with Crippen molar-refractivity contribution in [3.05, 3.63) is 0 Å². The Morgan fingerprint density at radius 2 is 0.714 bits per heavy atom. The average Bonchev–Trinajstić information content (AvgIpc) is 2.75. The Morgan fingerprint density at radius 1 is 0.464 bits per heavy atom. The summed E-state index contributed by atoms with van der Waals surface area (Å²) in [5.41, 5.74) is -0.552. The summed E-state index contributed by atoms with van der Waals surface area (Å²) >= 11 is 23.1. The molecule has 3 fully saturated rings. The molecule has 0 radical (unpaired) electrons. The molecule has 0 bridgehead atoms. The van der Waals surface area contributed by atoms with E-state index < -0.39 is 5.53 Å². The van der Waals surface area contributed by atoms with Crippen LogP contribution in [0.25, 0.3) is 0 Å². The van der Waals surface area contributed by atoms with Gasteiger partial charge in [-0.25, -0.2) is 0 Å². The van der Waals surface area contributed by atoms with Gasteiger partial charge in [-0.05, 0) is 91.9 Å². The summed E-state index contributed by atoms with van der Waals surface area (Å²) in [5.74, 6) is 0. The number of thiocarbonyl (C=S) groups is 3. The fourth-order valence-electron chi connectivity index (χ4n) is 3.65. The van der Waals surface area contributed by atoms with E-state index in [-0.39, 0.29) is 0 Å². The van der Waals surface area contributed by atoms with E-state index in [9.17, 15) is 0 Å². The van der Waals surface area contributed by atoms with Crippen LogP contribution in [-0.4, -0.2) is 66.9 Å². The molecule has 3 nitrogen and oxygen atoms in total. The van der Waals surface area contributed by atoms with Crippen LogP contribution in [0.2, 0.25) is 0 Å². The molecule has 0 atom stereocenters. The lowest BCUT2D eigenvalue weighted by molar-refractivity contribution is 0.352. The van der Waals surface area contributed by atoms with E-state index in [2.05, 4.69) is 14.7 Å². The molecule has 0 aromatic heterocycles. The summed E-state index contributed by atoms with van der Waals surface area (Å²) < 4.78 is 3.15. The average molecular weight is 512 g/mol. The van der Waals surface area contributed by atoms with E-state index in [1.807, 2.05) is 34.1 Å². The molecule has 3 aliphatic rings. The van der Waals surface area contributed by atoms with Crippen molar-refractivity contribution in [1.82, 2.24) is 14.7 Å². The minimum absolute atomic E-state index is 0.552. The van der Waals surface area contributed by atoms with Gasteiger partial charge in [-0.1, -0.05) is 36.7 Å². The lowest BCUT2D eigenvalue weighted by Gasteiger charge is -2.33. The number of hydrogen-bond acceptors (Lipinski definition) is 6. The minimum Gasteiger partial charge on any atom is -0.357 e. The third-order valence-corrected chi connectivity index (χ3v) is 16.6. The van der Waals surface area contributed by atoms with Crippen molar-refractivity contribution in [2.75, 3.05) is 39.3 Å². The molecule has 3 rings (SSSR count). The summed E-state index contributed by atoms with van der Waals surface area (Å²) in [6.45, 7) is 6.65. The van der Waals surface area contributed by atoms with E-state index >= 15 is 0 Å². The van der Waals surface area contributed by atoms with E-state index in [0.29, 0.717) is 0 Å². The Morgan fingerprint density at radius 3 is 0.964 bits per heavy atom. The van der Waals surface area contributed by atoms with Crippen molar-refractivity contribution in [2.24, 2.45) is 0 Å². The van der Waals surface area contributed by atoms with Crippen LogP contribution in [0.3, 0.4) is 0 Å². The van der Waals surface area contributed by atoms with Crippen LogP contribution >= 0.6 is 76.3 Å². The van der Waals surface area contributed by atoms with Crippen LogP contribution in [-0.2, 0) is 0 Å². The first-order valence-electron chi connectivity index (χ1n) is 10.3. The summed E-state index contributed by atoms with van der Waals surface area (Å²) in [6, 6.07) is 0. The Labute approximate surface area is 199 Å². The normalized spacial score (nSPS) is 21.1. The van der Waals surface area contributed by atoms with Gasteiger partial charge in [-0.2, -0.15) is 0 Å². The van der Waals surface area contributed by atoms with E-state index in [1.165, 1.54) is 57.8 Å². The molecule has 0 spiro atoms. The molecule has 0 aromatic rings. The highest BCUT2D eigenvalue weighted by Crippen LogP contribution is 2.72. The number of hydrogen-bond donors (Lipinski definition) is 0. The summed E-state index contributed by atoms with van der Waals surface area (Å²) in [6.07, 6.45) is 11.6. The predicted octanol–water partition coefficient (Wildman–Crippen LogP) is 6.73. The molecule has 0 unspecified atom stereocenters. The van der Waals surface area contributed by atoms with Gasteiger partial charge in [0.25, 0.3) is 0 Å². The van der Waals surface area contributed by atoms with Gasteiger partial charge in [0.15, 0.2) is 0 Å². The van der Waals surface area contributed by atoms with Gasteiger partial charge in [0.2, 0.25) is 0 Å². The molecule has 158 valence electrons. The van der Waals surface area contributed by atoms with Gasteiger partial charge in [0.05, 0.1) is 5.53 Å². The first-order valence-corrected chi connectivity index (χ1v) is 17.2. The molecule has 10 heteroatoms. The van der Waals surface area contributed by atoms with Crippen molar-refractivity contribution in [1.29, 1.82) is 0 Å². The Balaban J connectivity index is 1.59. The van der Waals surface area contributed by atoms with Gasteiger partial charge in [0, 0.05) is 39.3 Å². The van der Waals surface area contributed by atoms with Gasteiger partial charge in [0.1, 0.15) is 13.0 Å². The van der Waals surface area contributed by atoms with Crippen molar-refractivity contribution in [3.8, 4) is 0 Å². The van der Waals surface area contributed by atoms with Gasteiger partial charge in [-0.15, -0.1) is 0 Å². The lowest BCUT2D eigenvalue weighted by Crippen LogP contribution is -2.33. The monoisotopic (exact) mass is 511 g/mol. The van der Waals surface area contributed by atoms with Crippen molar-refractivity contribution in [2.45, 2.75) is 57.8 Å². The lowest BCUT2D eigenvalue weighted by atomic mass is 10.1. The molecular weight excluding hydrogens is 482 g/mol. The van der Waals surface area contributed by atoms with Crippen LogP contribution in [0.15, 0.2) is 0 Å². The fraction of sp³-hybridized carbons (Fsp3) is 0.833. The van der Waals surface area contributed by atoms with Crippen LogP contribution in [0.4, 0.5) is 0 Å². The standard InChI is InChI=1S/C18H30N3PS6/c23-16(19-10-4-1-5-11-19)26-22(27-17(24)20-12-6-2-7-13-20)28-18(25)21-14-8-3-9-15-21/h1-15H2. The maximum absolute atomic E-state index is 5.83. The smallest absolute Gasteiger partial charge is 0.142 e. The Hall–Kier alpha value is 1.15. The molecule has 0 amide bonds. The molecule has 3 heterocycles. The Kier molecular flexibility index (Phi) is 10.9. The van der Waals surface area contributed by atoms with E-state index in [0.717, 1.165) is 52.2 Å². The number of nitrogens with zero attached hydrogens (tertiary/aromatic N) is 3. The number of rotatable bonds is 3.